The first-order chi connectivity index (χ1) is 18.6. The average molecular weight is 590 g/mol. The average Bonchev–Trinajstić information content (AvgIpc) is 2.89. The summed E-state index contributed by atoms with van der Waals surface area (Å²) in [6.07, 6.45) is -11.4. The van der Waals surface area contributed by atoms with Crippen molar-refractivity contribution in [3.63, 3.8) is 0 Å². The molecule has 3 aromatic carbocycles. The van der Waals surface area contributed by atoms with E-state index in [1.54, 1.807) is 6.07 Å². The first-order valence-corrected chi connectivity index (χ1v) is 13.8. The van der Waals surface area contributed by atoms with E-state index in [0.29, 0.717) is 12.1 Å². The van der Waals surface area contributed by atoms with Gasteiger partial charge >= 0.3 is 12.4 Å². The molecule has 0 aromatic heterocycles. The Hall–Kier alpha value is -2.96. The zero-order chi connectivity index (χ0) is 29.4. The second-order valence-electron chi connectivity index (χ2n) is 9.82. The molecule has 0 atom stereocenters. The molecule has 40 heavy (non-hydrogen) atoms. The van der Waals surface area contributed by atoms with Crippen molar-refractivity contribution in [1.29, 1.82) is 0 Å². The summed E-state index contributed by atoms with van der Waals surface area (Å²) in [7, 11) is -4.27. The fourth-order valence-corrected chi connectivity index (χ4v) is 7.33. The number of nitrogens with two attached hydrogens (primary N) is 1. The van der Waals surface area contributed by atoms with Gasteiger partial charge in [-0.2, -0.15) is 26.3 Å². The molecule has 0 heterocycles. The highest BCUT2D eigenvalue weighted by molar-refractivity contribution is 7.92. The molecule has 1 aliphatic rings. The van der Waals surface area contributed by atoms with Crippen LogP contribution in [0, 0.1) is 5.82 Å². The maximum absolute atomic E-state index is 14.3. The summed E-state index contributed by atoms with van der Waals surface area (Å²) < 4.78 is 130. The highest BCUT2D eigenvalue weighted by atomic mass is 32.2. The monoisotopic (exact) mass is 589 g/mol. The van der Waals surface area contributed by atoms with Crippen LogP contribution in [0.1, 0.15) is 42.4 Å². The normalized spacial score (nSPS) is 20.9. The van der Waals surface area contributed by atoms with Crippen LogP contribution in [0.3, 0.4) is 0 Å². The summed E-state index contributed by atoms with van der Waals surface area (Å²) in [4.78, 5) is -0.223. The smallest absolute Gasteiger partial charge is 0.349 e. The predicted octanol–water partition coefficient (Wildman–Crippen LogP) is 6.93. The molecule has 1 saturated carbocycles. The molecule has 3 aromatic rings. The SMILES string of the molecule is N[C@H]1CC[C@@](c2ccc(C(OCc3ccccc3)(C(F)(F)F)C(F)(F)F)cc2)(S(=O)(=O)c2ccc(F)cc2)CC1. The van der Waals surface area contributed by atoms with Gasteiger partial charge in [0.2, 0.25) is 0 Å². The van der Waals surface area contributed by atoms with Crippen molar-refractivity contribution < 1.29 is 43.9 Å². The van der Waals surface area contributed by atoms with E-state index in [-0.39, 0.29) is 47.7 Å². The van der Waals surface area contributed by atoms with Crippen molar-refractivity contribution in [3.8, 4) is 0 Å². The van der Waals surface area contributed by atoms with Crippen LogP contribution in [0.5, 0.6) is 0 Å². The summed E-state index contributed by atoms with van der Waals surface area (Å²) in [5.74, 6) is -0.672. The van der Waals surface area contributed by atoms with E-state index in [1.165, 1.54) is 24.3 Å². The molecule has 2 N–H and O–H groups in total. The number of hydrogen-bond donors (Lipinski definition) is 1. The number of sulfone groups is 1. The van der Waals surface area contributed by atoms with Gasteiger partial charge in [0.1, 0.15) is 10.6 Å². The molecule has 0 radical (unpaired) electrons. The van der Waals surface area contributed by atoms with Gasteiger partial charge in [0.15, 0.2) is 9.84 Å². The van der Waals surface area contributed by atoms with Gasteiger partial charge in [0.25, 0.3) is 5.60 Å². The van der Waals surface area contributed by atoms with Crippen LogP contribution in [-0.2, 0) is 31.5 Å². The molecule has 0 bridgehead atoms. The molecule has 0 aliphatic heterocycles. The Morgan fingerprint density at radius 2 is 1.32 bits per heavy atom. The third kappa shape index (κ3) is 5.24. The molecule has 12 heteroatoms. The fraction of sp³-hybridized carbons (Fsp3) is 0.357. The van der Waals surface area contributed by atoms with Crippen LogP contribution in [0.25, 0.3) is 0 Å². The minimum atomic E-state index is -5.91. The molecule has 216 valence electrons. The van der Waals surface area contributed by atoms with Crippen molar-refractivity contribution >= 4 is 9.84 Å². The van der Waals surface area contributed by atoms with E-state index in [4.69, 9.17) is 5.73 Å². The van der Waals surface area contributed by atoms with Gasteiger partial charge < -0.3 is 10.5 Å². The van der Waals surface area contributed by atoms with Crippen molar-refractivity contribution in [3.05, 3.63) is 101 Å². The molecule has 4 rings (SSSR count). The Balaban J connectivity index is 1.82. The topological polar surface area (TPSA) is 69.4 Å². The van der Waals surface area contributed by atoms with E-state index in [2.05, 4.69) is 4.74 Å². The van der Waals surface area contributed by atoms with E-state index in [1.807, 2.05) is 0 Å². The number of halogens is 7. The van der Waals surface area contributed by atoms with E-state index in [0.717, 1.165) is 36.4 Å². The predicted molar refractivity (Wildman–Crippen MR) is 133 cm³/mol. The molecule has 0 saturated heterocycles. The van der Waals surface area contributed by atoms with Crippen LogP contribution >= 0.6 is 0 Å². The Kier molecular flexibility index (Phi) is 8.09. The van der Waals surface area contributed by atoms with E-state index < -0.39 is 50.5 Å². The Labute approximate surface area is 226 Å². The minimum Gasteiger partial charge on any atom is -0.349 e. The highest BCUT2D eigenvalue weighted by Gasteiger charge is 2.73. The number of rotatable bonds is 7. The quantitative estimate of drug-likeness (QED) is 0.240. The van der Waals surface area contributed by atoms with Gasteiger partial charge in [-0.3, -0.25) is 0 Å². The molecular weight excluding hydrogens is 563 g/mol. The zero-order valence-corrected chi connectivity index (χ0v) is 21.8. The van der Waals surface area contributed by atoms with Crippen molar-refractivity contribution in [2.45, 2.75) is 65.9 Å². The second-order valence-corrected chi connectivity index (χ2v) is 12.1. The molecule has 4 nitrogen and oxygen atoms in total. The van der Waals surface area contributed by atoms with Gasteiger partial charge in [-0.15, -0.1) is 0 Å². The highest BCUT2D eigenvalue weighted by Crippen LogP contribution is 2.54. The van der Waals surface area contributed by atoms with Crippen LogP contribution in [0.15, 0.2) is 83.8 Å². The first-order valence-electron chi connectivity index (χ1n) is 12.3. The van der Waals surface area contributed by atoms with Crippen LogP contribution in [-0.4, -0.2) is 26.8 Å². The van der Waals surface area contributed by atoms with Crippen LogP contribution < -0.4 is 5.73 Å². The van der Waals surface area contributed by atoms with Crippen molar-refractivity contribution in [2.24, 2.45) is 5.73 Å². The first kappa shape index (κ1) is 30.0. The second kappa shape index (κ2) is 10.8. The van der Waals surface area contributed by atoms with Gasteiger partial charge in [0, 0.05) is 11.6 Å². The summed E-state index contributed by atoms with van der Waals surface area (Å²) in [5, 5.41) is 0. The lowest BCUT2D eigenvalue weighted by molar-refractivity contribution is -0.392. The lowest BCUT2D eigenvalue weighted by Crippen LogP contribution is -2.55. The van der Waals surface area contributed by atoms with Gasteiger partial charge in [-0.1, -0.05) is 54.6 Å². The maximum atomic E-state index is 14.3. The Morgan fingerprint density at radius 3 is 1.82 bits per heavy atom. The largest absolute Gasteiger partial charge is 0.430 e. The molecule has 0 amide bonds. The lowest BCUT2D eigenvalue weighted by atomic mass is 9.80. The van der Waals surface area contributed by atoms with Crippen LogP contribution in [0.4, 0.5) is 30.7 Å². The molecule has 0 unspecified atom stereocenters. The Morgan fingerprint density at radius 1 is 0.800 bits per heavy atom. The lowest BCUT2D eigenvalue weighted by Gasteiger charge is -2.40. The Bertz CT molecular complexity index is 1380. The summed E-state index contributed by atoms with van der Waals surface area (Å²) in [6, 6.07) is 14.0. The fourth-order valence-electron chi connectivity index (χ4n) is 5.17. The summed E-state index contributed by atoms with van der Waals surface area (Å²) >= 11 is 0. The molecule has 1 fully saturated rings. The van der Waals surface area contributed by atoms with E-state index >= 15 is 0 Å². The van der Waals surface area contributed by atoms with E-state index in [9.17, 15) is 39.2 Å². The third-order valence-corrected chi connectivity index (χ3v) is 9.96. The zero-order valence-electron chi connectivity index (χ0n) is 21.0. The maximum Gasteiger partial charge on any atom is 0.430 e. The van der Waals surface area contributed by atoms with Crippen molar-refractivity contribution in [1.82, 2.24) is 0 Å². The van der Waals surface area contributed by atoms with Gasteiger partial charge in [0.05, 0.1) is 11.5 Å². The van der Waals surface area contributed by atoms with Crippen molar-refractivity contribution in [2.75, 3.05) is 0 Å². The summed E-state index contributed by atoms with van der Waals surface area (Å²) in [5.41, 5.74) is 0.172. The summed E-state index contributed by atoms with van der Waals surface area (Å²) in [6.45, 7) is -0.984. The number of alkyl halides is 6. The number of benzene rings is 3. The molecular formula is C28H26F7NO3S. The standard InChI is InChI=1S/C28H26F7NO3S/c29-22-10-12-24(13-11-22)40(37,38)25(16-14-23(36)15-17-25)20-6-8-21(9-7-20)26(27(30,31)32,28(33,34)35)39-18-19-4-2-1-3-5-19/h1-13,23H,14-18,36H2/t23-,25+. The molecule has 1 aliphatic carbocycles. The molecule has 0 spiro atoms. The van der Waals surface area contributed by atoms with Crippen LogP contribution in [0.2, 0.25) is 0 Å². The van der Waals surface area contributed by atoms with Gasteiger partial charge in [-0.25, -0.2) is 12.8 Å². The number of ether oxygens (including phenoxy) is 1. The minimum absolute atomic E-state index is 0.00813. The van der Waals surface area contributed by atoms with Gasteiger partial charge in [-0.05, 0) is 61.1 Å². The third-order valence-electron chi connectivity index (χ3n) is 7.39. The number of hydrogen-bond acceptors (Lipinski definition) is 4.